The lowest BCUT2D eigenvalue weighted by atomic mass is 10.1. The van der Waals surface area contributed by atoms with Gasteiger partial charge in [0.2, 0.25) is 5.43 Å². The van der Waals surface area contributed by atoms with Crippen LogP contribution in [-0.4, -0.2) is 30.4 Å². The number of hydrogen-bond acceptors (Lipinski definition) is 4. The highest BCUT2D eigenvalue weighted by molar-refractivity contribution is 5.92. The molecule has 0 aliphatic heterocycles. The van der Waals surface area contributed by atoms with Gasteiger partial charge in [-0.05, 0) is 26.0 Å². The summed E-state index contributed by atoms with van der Waals surface area (Å²) in [6.07, 6.45) is 3.07. The minimum atomic E-state index is -1.23. The third-order valence-corrected chi connectivity index (χ3v) is 4.00. The second kappa shape index (κ2) is 5.35. The molecule has 0 aromatic carbocycles. The highest BCUT2D eigenvalue weighted by atomic mass is 16.4. The minimum absolute atomic E-state index is 0.244. The maximum atomic E-state index is 12.3. The van der Waals surface area contributed by atoms with Gasteiger partial charge in [-0.1, -0.05) is 0 Å². The van der Waals surface area contributed by atoms with Gasteiger partial charge in [-0.25, -0.2) is 9.78 Å². The van der Waals surface area contributed by atoms with E-state index in [2.05, 4.69) is 10.1 Å². The second-order valence-corrected chi connectivity index (χ2v) is 5.30. The standard InChI is InChI=1S/C16H16N4O3/c1-4-20-8-12(16(22)23)14(21)10-5-6-13(18-15(10)20)11-7-17-19(3)9(11)2/h5-8H,4H2,1-3H3,(H,22,23). The predicted octanol–water partition coefficient (Wildman–Crippen LogP) is 1.82. The molecule has 0 aliphatic rings. The molecule has 0 aliphatic carbocycles. The molecule has 0 radical (unpaired) electrons. The second-order valence-electron chi connectivity index (χ2n) is 5.30. The molecule has 3 heterocycles. The first kappa shape index (κ1) is 15.0. The summed E-state index contributed by atoms with van der Waals surface area (Å²) in [5.74, 6) is -1.23. The number of aromatic carboxylic acids is 1. The smallest absolute Gasteiger partial charge is 0.341 e. The third kappa shape index (κ3) is 2.30. The number of carboxylic acid groups (broad SMARTS) is 1. The Hall–Kier alpha value is -2.96. The van der Waals surface area contributed by atoms with Crippen molar-refractivity contribution in [1.29, 1.82) is 0 Å². The quantitative estimate of drug-likeness (QED) is 0.796. The summed E-state index contributed by atoms with van der Waals surface area (Å²) in [6, 6.07) is 3.35. The number of aromatic nitrogens is 4. The molecule has 0 saturated carbocycles. The van der Waals surface area contributed by atoms with Crippen molar-refractivity contribution in [2.45, 2.75) is 20.4 Å². The summed E-state index contributed by atoms with van der Waals surface area (Å²) >= 11 is 0. The van der Waals surface area contributed by atoms with E-state index < -0.39 is 11.4 Å². The summed E-state index contributed by atoms with van der Waals surface area (Å²) in [5, 5.41) is 13.7. The van der Waals surface area contributed by atoms with Crippen molar-refractivity contribution in [3.05, 3.63) is 46.0 Å². The Morgan fingerprint density at radius 2 is 2.09 bits per heavy atom. The molecule has 3 aromatic rings. The van der Waals surface area contributed by atoms with Crippen LogP contribution in [0.5, 0.6) is 0 Å². The minimum Gasteiger partial charge on any atom is -0.477 e. The van der Waals surface area contributed by atoms with E-state index in [4.69, 9.17) is 0 Å². The van der Waals surface area contributed by atoms with Crippen LogP contribution in [0.4, 0.5) is 0 Å². The van der Waals surface area contributed by atoms with Crippen LogP contribution < -0.4 is 5.43 Å². The molecule has 3 rings (SSSR count). The fraction of sp³-hybridized carbons (Fsp3) is 0.250. The number of fused-ring (bicyclic) bond motifs is 1. The summed E-state index contributed by atoms with van der Waals surface area (Å²) in [4.78, 5) is 28.1. The fourth-order valence-corrected chi connectivity index (χ4v) is 2.56. The van der Waals surface area contributed by atoms with Crippen LogP contribution in [0.3, 0.4) is 0 Å². The van der Waals surface area contributed by atoms with Crippen LogP contribution >= 0.6 is 0 Å². The van der Waals surface area contributed by atoms with E-state index in [1.807, 2.05) is 20.9 Å². The summed E-state index contributed by atoms with van der Waals surface area (Å²) in [6.45, 7) is 4.33. The first-order valence-electron chi connectivity index (χ1n) is 7.20. The molecular formula is C16H16N4O3. The molecule has 0 fully saturated rings. The number of hydrogen-bond donors (Lipinski definition) is 1. The molecule has 0 unspecified atom stereocenters. The topological polar surface area (TPSA) is 90.0 Å². The van der Waals surface area contributed by atoms with Gasteiger partial charge >= 0.3 is 5.97 Å². The number of carboxylic acids is 1. The van der Waals surface area contributed by atoms with Crippen molar-refractivity contribution in [2.75, 3.05) is 0 Å². The molecule has 0 bridgehead atoms. The van der Waals surface area contributed by atoms with Crippen LogP contribution in [0.25, 0.3) is 22.3 Å². The van der Waals surface area contributed by atoms with Crippen LogP contribution in [0.15, 0.2) is 29.3 Å². The van der Waals surface area contributed by atoms with E-state index in [-0.39, 0.29) is 5.56 Å². The van der Waals surface area contributed by atoms with Crippen LogP contribution in [0, 0.1) is 6.92 Å². The van der Waals surface area contributed by atoms with Crippen LogP contribution in [-0.2, 0) is 13.6 Å². The molecule has 0 spiro atoms. The Balaban J connectivity index is 2.32. The molecule has 0 saturated heterocycles. The Bertz CT molecular complexity index is 985. The van der Waals surface area contributed by atoms with Crippen LogP contribution in [0.2, 0.25) is 0 Å². The first-order valence-corrected chi connectivity index (χ1v) is 7.20. The zero-order valence-electron chi connectivity index (χ0n) is 13.1. The van der Waals surface area contributed by atoms with Gasteiger partial charge in [0.05, 0.1) is 17.3 Å². The van der Waals surface area contributed by atoms with Gasteiger partial charge in [-0.2, -0.15) is 5.10 Å². The zero-order valence-corrected chi connectivity index (χ0v) is 13.1. The molecule has 7 heteroatoms. The summed E-state index contributed by atoms with van der Waals surface area (Å²) in [5.41, 5.74) is 2.26. The molecular weight excluding hydrogens is 296 g/mol. The van der Waals surface area contributed by atoms with Crippen molar-refractivity contribution in [1.82, 2.24) is 19.3 Å². The van der Waals surface area contributed by atoms with E-state index in [9.17, 15) is 14.7 Å². The van der Waals surface area contributed by atoms with E-state index in [0.29, 0.717) is 23.3 Å². The lowest BCUT2D eigenvalue weighted by Gasteiger charge is -2.10. The molecule has 7 nitrogen and oxygen atoms in total. The van der Waals surface area contributed by atoms with Gasteiger partial charge in [-0.3, -0.25) is 9.48 Å². The number of pyridine rings is 2. The van der Waals surface area contributed by atoms with Crippen molar-refractivity contribution >= 4 is 17.0 Å². The monoisotopic (exact) mass is 312 g/mol. The molecule has 23 heavy (non-hydrogen) atoms. The number of rotatable bonds is 3. The van der Waals surface area contributed by atoms with E-state index in [1.165, 1.54) is 6.20 Å². The number of carbonyl (C=O) groups is 1. The normalized spacial score (nSPS) is 11.1. The SMILES string of the molecule is CCn1cc(C(=O)O)c(=O)c2ccc(-c3cnn(C)c3C)nc21. The average molecular weight is 312 g/mol. The van der Waals surface area contributed by atoms with Crippen molar-refractivity contribution in [3.63, 3.8) is 0 Å². The van der Waals surface area contributed by atoms with Gasteiger partial charge in [0.25, 0.3) is 0 Å². The summed E-state index contributed by atoms with van der Waals surface area (Å²) in [7, 11) is 1.85. The van der Waals surface area contributed by atoms with E-state index >= 15 is 0 Å². The molecule has 0 amide bonds. The molecule has 3 aromatic heterocycles. The van der Waals surface area contributed by atoms with Gasteiger partial charge < -0.3 is 9.67 Å². The van der Waals surface area contributed by atoms with E-state index in [0.717, 1.165) is 11.3 Å². The lowest BCUT2D eigenvalue weighted by molar-refractivity contribution is 0.0695. The Kier molecular flexibility index (Phi) is 3.48. The lowest BCUT2D eigenvalue weighted by Crippen LogP contribution is -2.19. The molecule has 118 valence electrons. The largest absolute Gasteiger partial charge is 0.477 e. The predicted molar refractivity (Wildman–Crippen MR) is 85.6 cm³/mol. The third-order valence-electron chi connectivity index (χ3n) is 4.00. The molecule has 1 N–H and O–H groups in total. The van der Waals surface area contributed by atoms with E-state index in [1.54, 1.807) is 27.6 Å². The number of aryl methyl sites for hydroxylation is 2. The zero-order chi connectivity index (χ0) is 16.7. The highest BCUT2D eigenvalue weighted by Crippen LogP contribution is 2.22. The van der Waals surface area contributed by atoms with Gasteiger partial charge in [0, 0.05) is 31.0 Å². The van der Waals surface area contributed by atoms with Gasteiger partial charge in [-0.15, -0.1) is 0 Å². The fourth-order valence-electron chi connectivity index (χ4n) is 2.56. The number of nitrogens with zero attached hydrogens (tertiary/aromatic N) is 4. The highest BCUT2D eigenvalue weighted by Gasteiger charge is 2.16. The van der Waals surface area contributed by atoms with Gasteiger partial charge in [0.1, 0.15) is 11.2 Å². The first-order chi connectivity index (χ1) is 10.9. The average Bonchev–Trinajstić information content (AvgIpc) is 2.86. The van der Waals surface area contributed by atoms with Crippen LogP contribution in [0.1, 0.15) is 23.0 Å². The summed E-state index contributed by atoms with van der Waals surface area (Å²) < 4.78 is 3.43. The Morgan fingerprint density at radius 1 is 1.35 bits per heavy atom. The van der Waals surface area contributed by atoms with Crippen molar-refractivity contribution < 1.29 is 9.90 Å². The maximum absolute atomic E-state index is 12.3. The maximum Gasteiger partial charge on any atom is 0.341 e. The van der Waals surface area contributed by atoms with Crippen molar-refractivity contribution in [2.24, 2.45) is 7.05 Å². The molecule has 0 atom stereocenters. The van der Waals surface area contributed by atoms with Gasteiger partial charge in [0.15, 0.2) is 0 Å². The Labute approximate surface area is 131 Å². The Morgan fingerprint density at radius 3 is 2.65 bits per heavy atom. The van der Waals surface area contributed by atoms with Crippen molar-refractivity contribution in [3.8, 4) is 11.3 Å².